The molecule has 1 atom stereocenters. The van der Waals surface area contributed by atoms with E-state index in [1.54, 1.807) is 12.1 Å². The number of hydrogen-bond donors (Lipinski definition) is 0. The lowest BCUT2D eigenvalue weighted by Crippen LogP contribution is -2.25. The summed E-state index contributed by atoms with van der Waals surface area (Å²) in [6, 6.07) is 4.63. The quantitative estimate of drug-likeness (QED) is 0.462. The number of alkyl halides is 1. The van der Waals surface area contributed by atoms with Gasteiger partial charge >= 0.3 is 0 Å². The van der Waals surface area contributed by atoms with Crippen LogP contribution in [0.25, 0.3) is 0 Å². The first kappa shape index (κ1) is 13.5. The molecule has 0 N–H and O–H groups in total. The van der Waals surface area contributed by atoms with Crippen LogP contribution in [0.5, 0.6) is 0 Å². The second kappa shape index (κ2) is 5.36. The predicted octanol–water partition coefficient (Wildman–Crippen LogP) is 3.11. The Morgan fingerprint density at radius 1 is 1.50 bits per heavy atom. The van der Waals surface area contributed by atoms with Crippen LogP contribution in [0.3, 0.4) is 0 Å². The normalized spacial score (nSPS) is 19.3. The highest BCUT2D eigenvalue weighted by Crippen LogP contribution is 2.35. The highest BCUT2D eigenvalue weighted by Gasteiger charge is 2.33. The molecular weight excluding hydrogens is 368 g/mol. The summed E-state index contributed by atoms with van der Waals surface area (Å²) in [5.41, 5.74) is 0.324. The average molecular weight is 378 g/mol. The van der Waals surface area contributed by atoms with Crippen LogP contribution in [0, 0.1) is 16.0 Å². The van der Waals surface area contributed by atoms with Crippen molar-refractivity contribution in [2.75, 3.05) is 16.8 Å². The summed E-state index contributed by atoms with van der Waals surface area (Å²) in [6.07, 6.45) is 0.426. The fourth-order valence-corrected chi connectivity index (χ4v) is 2.77. The highest BCUT2D eigenvalue weighted by molar-refractivity contribution is 9.10. The van der Waals surface area contributed by atoms with Crippen molar-refractivity contribution in [1.29, 1.82) is 0 Å². The summed E-state index contributed by atoms with van der Waals surface area (Å²) in [4.78, 5) is 23.9. The van der Waals surface area contributed by atoms with E-state index in [1.807, 2.05) is 0 Å². The smallest absolute Gasteiger partial charge is 0.293 e. The van der Waals surface area contributed by atoms with Gasteiger partial charge in [0, 0.05) is 28.8 Å². The van der Waals surface area contributed by atoms with Gasteiger partial charge in [0.15, 0.2) is 0 Å². The zero-order chi connectivity index (χ0) is 13.3. The molecule has 1 aromatic rings. The summed E-state index contributed by atoms with van der Waals surface area (Å²) in [5.74, 6) is 0.136. The molecule has 96 valence electrons. The number of rotatable bonds is 3. The van der Waals surface area contributed by atoms with Gasteiger partial charge in [-0.2, -0.15) is 0 Å². The van der Waals surface area contributed by atoms with Crippen LogP contribution in [-0.2, 0) is 4.79 Å². The molecule has 1 saturated heterocycles. The minimum Gasteiger partial charge on any atom is -0.306 e. The largest absolute Gasteiger partial charge is 0.306 e. The third-order valence-electron chi connectivity index (χ3n) is 2.85. The van der Waals surface area contributed by atoms with Gasteiger partial charge in [-0.05, 0) is 18.1 Å². The number of carbonyl (C=O) groups excluding carboxylic acids is 1. The number of halogens is 2. The highest BCUT2D eigenvalue weighted by atomic mass is 79.9. The first-order valence-corrected chi connectivity index (χ1v) is 7.24. The van der Waals surface area contributed by atoms with E-state index in [0.29, 0.717) is 18.7 Å². The molecule has 1 fully saturated rings. The predicted molar refractivity (Wildman–Crippen MR) is 75.1 cm³/mol. The number of nitrogens with zero attached hydrogens (tertiary/aromatic N) is 2. The van der Waals surface area contributed by atoms with Crippen LogP contribution in [0.1, 0.15) is 6.42 Å². The van der Waals surface area contributed by atoms with E-state index in [4.69, 9.17) is 0 Å². The minimum absolute atomic E-state index is 0.0400. The number of amides is 1. The van der Waals surface area contributed by atoms with Crippen molar-refractivity contribution in [3.8, 4) is 0 Å². The van der Waals surface area contributed by atoms with Crippen LogP contribution >= 0.6 is 31.9 Å². The maximum atomic E-state index is 11.9. The van der Waals surface area contributed by atoms with Gasteiger partial charge < -0.3 is 4.90 Å². The van der Waals surface area contributed by atoms with Crippen LogP contribution in [0.4, 0.5) is 11.4 Å². The molecule has 1 aliphatic heterocycles. The van der Waals surface area contributed by atoms with E-state index in [1.165, 1.54) is 11.0 Å². The number of nitro benzene ring substituents is 1. The molecule has 1 amide bonds. The van der Waals surface area contributed by atoms with E-state index in [0.717, 1.165) is 9.80 Å². The standard InChI is InChI=1S/C11H10Br2N2O3/c12-5-7-3-11(16)14(6-7)10-4-8(13)1-2-9(10)15(17)18/h1-2,4,7H,3,5-6H2. The second-order valence-corrected chi connectivity index (χ2v) is 5.68. The van der Waals surface area contributed by atoms with Gasteiger partial charge in [0.05, 0.1) is 4.92 Å². The average Bonchev–Trinajstić information content (AvgIpc) is 2.70. The molecule has 1 unspecified atom stereocenters. The molecule has 0 saturated carbocycles. The second-order valence-electron chi connectivity index (χ2n) is 4.12. The molecule has 1 aliphatic rings. The van der Waals surface area contributed by atoms with E-state index in [2.05, 4.69) is 31.9 Å². The Bertz CT molecular complexity index is 507. The Morgan fingerprint density at radius 2 is 2.22 bits per heavy atom. The lowest BCUT2D eigenvalue weighted by molar-refractivity contribution is -0.384. The maximum absolute atomic E-state index is 11.9. The Kier molecular flexibility index (Phi) is 4.01. The van der Waals surface area contributed by atoms with Crippen molar-refractivity contribution in [3.63, 3.8) is 0 Å². The van der Waals surface area contributed by atoms with Crippen molar-refractivity contribution in [3.05, 3.63) is 32.8 Å². The Hall–Kier alpha value is -0.950. The zero-order valence-corrected chi connectivity index (χ0v) is 12.5. The summed E-state index contributed by atoms with van der Waals surface area (Å²) < 4.78 is 0.721. The fraction of sp³-hybridized carbons (Fsp3) is 0.364. The van der Waals surface area contributed by atoms with Crippen molar-refractivity contribution >= 4 is 49.1 Å². The third kappa shape index (κ3) is 2.56. The molecule has 0 bridgehead atoms. The molecule has 0 spiro atoms. The maximum Gasteiger partial charge on any atom is 0.293 e. The molecule has 0 aliphatic carbocycles. The Balaban J connectivity index is 2.41. The van der Waals surface area contributed by atoms with E-state index < -0.39 is 4.92 Å². The van der Waals surface area contributed by atoms with Gasteiger partial charge in [-0.25, -0.2) is 0 Å². The van der Waals surface area contributed by atoms with Gasteiger partial charge in [0.25, 0.3) is 5.69 Å². The number of benzene rings is 1. The van der Waals surface area contributed by atoms with Crippen molar-refractivity contribution in [1.82, 2.24) is 0 Å². The van der Waals surface area contributed by atoms with Crippen LogP contribution in [0.15, 0.2) is 22.7 Å². The van der Waals surface area contributed by atoms with E-state index in [9.17, 15) is 14.9 Å². The molecule has 7 heteroatoms. The van der Waals surface area contributed by atoms with Crippen LogP contribution < -0.4 is 4.90 Å². The first-order chi connectivity index (χ1) is 8.52. The van der Waals surface area contributed by atoms with E-state index >= 15 is 0 Å². The van der Waals surface area contributed by atoms with E-state index in [-0.39, 0.29) is 17.5 Å². The van der Waals surface area contributed by atoms with Crippen LogP contribution in [0.2, 0.25) is 0 Å². The van der Waals surface area contributed by atoms with Gasteiger partial charge in [0.2, 0.25) is 5.91 Å². The van der Waals surface area contributed by atoms with Crippen molar-refractivity contribution < 1.29 is 9.72 Å². The molecular formula is C11H10Br2N2O3. The number of carbonyl (C=O) groups is 1. The van der Waals surface area contributed by atoms with Gasteiger partial charge in [-0.15, -0.1) is 0 Å². The van der Waals surface area contributed by atoms with Gasteiger partial charge in [-0.1, -0.05) is 31.9 Å². The molecule has 5 nitrogen and oxygen atoms in total. The van der Waals surface area contributed by atoms with Gasteiger partial charge in [-0.3, -0.25) is 14.9 Å². The Morgan fingerprint density at radius 3 is 2.78 bits per heavy atom. The lowest BCUT2D eigenvalue weighted by atomic mass is 10.2. The molecule has 1 aromatic carbocycles. The SMILES string of the molecule is O=C1CC(CBr)CN1c1cc(Br)ccc1[N+](=O)[O-]. The number of anilines is 1. The van der Waals surface area contributed by atoms with Gasteiger partial charge in [0.1, 0.15) is 5.69 Å². The fourth-order valence-electron chi connectivity index (χ4n) is 1.98. The summed E-state index contributed by atoms with van der Waals surface area (Å²) in [6.45, 7) is 0.515. The Labute approximate surface area is 121 Å². The topological polar surface area (TPSA) is 63.5 Å². The summed E-state index contributed by atoms with van der Waals surface area (Å²) in [7, 11) is 0. The lowest BCUT2D eigenvalue weighted by Gasteiger charge is -2.16. The van der Waals surface area contributed by atoms with Crippen LogP contribution in [-0.4, -0.2) is 22.7 Å². The number of nitro groups is 1. The molecule has 0 radical (unpaired) electrons. The van der Waals surface area contributed by atoms with Crippen molar-refractivity contribution in [2.24, 2.45) is 5.92 Å². The van der Waals surface area contributed by atoms with Crippen molar-refractivity contribution in [2.45, 2.75) is 6.42 Å². The zero-order valence-electron chi connectivity index (χ0n) is 9.31. The minimum atomic E-state index is -0.462. The molecule has 2 rings (SSSR count). The molecule has 0 aromatic heterocycles. The molecule has 18 heavy (non-hydrogen) atoms. The third-order valence-corrected chi connectivity index (χ3v) is 4.26. The summed E-state index contributed by atoms with van der Waals surface area (Å²) in [5, 5.41) is 11.7. The molecule has 1 heterocycles. The monoisotopic (exact) mass is 376 g/mol. The summed E-state index contributed by atoms with van der Waals surface area (Å²) >= 11 is 6.62. The first-order valence-electron chi connectivity index (χ1n) is 5.33. The number of hydrogen-bond acceptors (Lipinski definition) is 3.